The molecule has 2 aromatic rings. The fourth-order valence-corrected chi connectivity index (χ4v) is 4.08. The van der Waals surface area contributed by atoms with Gasteiger partial charge in [-0.25, -0.2) is 8.42 Å². The number of sulfone groups is 1. The molecule has 0 unspecified atom stereocenters. The zero-order chi connectivity index (χ0) is 20.2. The van der Waals surface area contributed by atoms with Crippen molar-refractivity contribution in [2.45, 2.75) is 19.3 Å². The van der Waals surface area contributed by atoms with E-state index in [0.717, 1.165) is 18.5 Å². The molecule has 0 spiro atoms. The standard InChI is InChI=1S/C21H30N2O4S.2BrH/c24-20-8-7-19(17-21(20)25)10-13-23-14-16-28(26,27)15-4-11-22-12-9-18-5-2-1-3-6-18;;/h1-3,5-8,17,22-25H,4,9-16H2;2*1H. The minimum atomic E-state index is -3.05. The lowest BCUT2D eigenvalue weighted by atomic mass is 10.1. The monoisotopic (exact) mass is 566 g/mol. The van der Waals surface area contributed by atoms with Gasteiger partial charge in [0, 0.05) is 6.54 Å². The van der Waals surface area contributed by atoms with Gasteiger partial charge in [-0.05, 0) is 62.2 Å². The average molecular weight is 568 g/mol. The van der Waals surface area contributed by atoms with E-state index in [1.807, 2.05) is 18.2 Å². The van der Waals surface area contributed by atoms with E-state index in [1.54, 1.807) is 6.07 Å². The molecule has 2 rings (SSSR count). The van der Waals surface area contributed by atoms with E-state index in [4.69, 9.17) is 0 Å². The summed E-state index contributed by atoms with van der Waals surface area (Å²) < 4.78 is 24.1. The van der Waals surface area contributed by atoms with Crippen molar-refractivity contribution in [1.82, 2.24) is 10.6 Å². The highest BCUT2D eigenvalue weighted by Crippen LogP contribution is 2.24. The highest BCUT2D eigenvalue weighted by atomic mass is 79.9. The van der Waals surface area contributed by atoms with Crippen LogP contribution in [0.4, 0.5) is 0 Å². The Labute approximate surface area is 200 Å². The molecule has 0 bridgehead atoms. The van der Waals surface area contributed by atoms with Crippen LogP contribution in [0.3, 0.4) is 0 Å². The predicted octanol–water partition coefficient (Wildman–Crippen LogP) is 3.02. The minimum absolute atomic E-state index is 0. The van der Waals surface area contributed by atoms with Crippen LogP contribution in [-0.4, -0.2) is 56.3 Å². The SMILES string of the molecule is Br.Br.O=S(=O)(CCCNCCc1ccccc1)CCNCCc1ccc(O)c(O)c1. The first-order valence-electron chi connectivity index (χ1n) is 9.63. The molecule has 0 aromatic heterocycles. The van der Waals surface area contributed by atoms with Gasteiger partial charge in [0.1, 0.15) is 0 Å². The van der Waals surface area contributed by atoms with E-state index < -0.39 is 9.84 Å². The van der Waals surface area contributed by atoms with Crippen molar-refractivity contribution in [2.24, 2.45) is 0 Å². The molecule has 0 saturated heterocycles. The Bertz CT molecular complexity index is 821. The van der Waals surface area contributed by atoms with Crippen LogP contribution < -0.4 is 10.6 Å². The summed E-state index contributed by atoms with van der Waals surface area (Å²) in [5, 5.41) is 25.1. The van der Waals surface area contributed by atoms with Crippen molar-refractivity contribution in [3.05, 3.63) is 59.7 Å². The zero-order valence-corrected chi connectivity index (χ0v) is 21.2. The summed E-state index contributed by atoms with van der Waals surface area (Å²) in [6.07, 6.45) is 2.21. The van der Waals surface area contributed by atoms with Crippen molar-refractivity contribution >= 4 is 43.8 Å². The van der Waals surface area contributed by atoms with E-state index in [-0.39, 0.29) is 57.0 Å². The third-order valence-corrected chi connectivity index (χ3v) is 6.20. The Morgan fingerprint density at radius 2 is 1.33 bits per heavy atom. The number of rotatable bonds is 13. The molecule has 0 amide bonds. The molecule has 9 heteroatoms. The molecule has 0 radical (unpaired) electrons. The van der Waals surface area contributed by atoms with Crippen LogP contribution in [0.5, 0.6) is 11.5 Å². The quantitative estimate of drug-likeness (QED) is 0.219. The van der Waals surface area contributed by atoms with Crippen LogP contribution in [0.1, 0.15) is 17.5 Å². The zero-order valence-electron chi connectivity index (χ0n) is 16.9. The topological polar surface area (TPSA) is 98.7 Å². The van der Waals surface area contributed by atoms with Gasteiger partial charge in [0.05, 0.1) is 11.5 Å². The molecule has 6 nitrogen and oxygen atoms in total. The van der Waals surface area contributed by atoms with E-state index in [1.165, 1.54) is 17.7 Å². The Morgan fingerprint density at radius 3 is 2.00 bits per heavy atom. The van der Waals surface area contributed by atoms with Crippen LogP contribution in [0, 0.1) is 0 Å². The smallest absolute Gasteiger partial charge is 0.157 e. The van der Waals surface area contributed by atoms with Crippen LogP contribution in [0.15, 0.2) is 48.5 Å². The van der Waals surface area contributed by atoms with Gasteiger partial charge in [-0.15, -0.1) is 34.0 Å². The van der Waals surface area contributed by atoms with Gasteiger partial charge in [-0.2, -0.15) is 0 Å². The summed E-state index contributed by atoms with van der Waals surface area (Å²) in [5.41, 5.74) is 2.16. The third kappa shape index (κ3) is 11.9. The van der Waals surface area contributed by atoms with Gasteiger partial charge in [-0.1, -0.05) is 36.4 Å². The van der Waals surface area contributed by atoms with Crippen molar-refractivity contribution in [3.8, 4) is 11.5 Å². The summed E-state index contributed by atoms with van der Waals surface area (Å²) in [4.78, 5) is 0. The molecule has 0 aliphatic heterocycles. The van der Waals surface area contributed by atoms with Gasteiger partial charge in [0.25, 0.3) is 0 Å². The number of phenolic OH excluding ortho intramolecular Hbond substituents is 2. The summed E-state index contributed by atoms with van der Waals surface area (Å²) in [6, 6.07) is 14.9. The van der Waals surface area contributed by atoms with E-state index in [9.17, 15) is 18.6 Å². The Hall–Kier alpha value is -1.13. The maximum atomic E-state index is 12.1. The predicted molar refractivity (Wildman–Crippen MR) is 133 cm³/mol. The van der Waals surface area contributed by atoms with Crippen molar-refractivity contribution in [3.63, 3.8) is 0 Å². The Kier molecular flexibility index (Phi) is 15.0. The number of aromatic hydroxyl groups is 2. The normalized spacial score (nSPS) is 10.8. The molecule has 0 heterocycles. The highest BCUT2D eigenvalue weighted by Gasteiger charge is 2.09. The van der Waals surface area contributed by atoms with Crippen molar-refractivity contribution in [2.75, 3.05) is 37.7 Å². The number of phenols is 2. The van der Waals surface area contributed by atoms with Crippen molar-refractivity contribution < 1.29 is 18.6 Å². The maximum absolute atomic E-state index is 12.1. The second kappa shape index (κ2) is 15.6. The molecule has 0 saturated carbocycles. The Balaban J connectivity index is 0.00000420. The second-order valence-electron chi connectivity index (χ2n) is 6.81. The molecule has 0 aliphatic rings. The van der Waals surface area contributed by atoms with Crippen LogP contribution in [-0.2, 0) is 22.7 Å². The largest absolute Gasteiger partial charge is 0.504 e. The van der Waals surface area contributed by atoms with E-state index >= 15 is 0 Å². The first-order chi connectivity index (χ1) is 13.5. The lowest BCUT2D eigenvalue weighted by Gasteiger charge is -2.08. The molecule has 170 valence electrons. The van der Waals surface area contributed by atoms with Crippen LogP contribution >= 0.6 is 34.0 Å². The van der Waals surface area contributed by atoms with Gasteiger partial charge in [-0.3, -0.25) is 0 Å². The third-order valence-electron chi connectivity index (χ3n) is 4.46. The van der Waals surface area contributed by atoms with Crippen molar-refractivity contribution in [1.29, 1.82) is 0 Å². The molecule has 4 N–H and O–H groups in total. The fraction of sp³-hybridized carbons (Fsp3) is 0.429. The first-order valence-corrected chi connectivity index (χ1v) is 11.4. The van der Waals surface area contributed by atoms with Gasteiger partial charge in [0.2, 0.25) is 0 Å². The molecular formula is C21H32Br2N2O4S. The summed E-state index contributed by atoms with van der Waals surface area (Å²) in [6.45, 7) is 2.57. The highest BCUT2D eigenvalue weighted by molar-refractivity contribution is 8.93. The van der Waals surface area contributed by atoms with E-state index in [0.29, 0.717) is 32.5 Å². The lowest BCUT2D eigenvalue weighted by Crippen LogP contribution is -2.27. The fourth-order valence-electron chi connectivity index (χ4n) is 2.83. The molecular weight excluding hydrogens is 536 g/mol. The van der Waals surface area contributed by atoms with Crippen LogP contribution in [0.25, 0.3) is 0 Å². The van der Waals surface area contributed by atoms with E-state index in [2.05, 4.69) is 22.8 Å². The second-order valence-corrected chi connectivity index (χ2v) is 9.12. The number of benzene rings is 2. The van der Waals surface area contributed by atoms with Crippen LogP contribution in [0.2, 0.25) is 0 Å². The molecule has 0 fully saturated rings. The minimum Gasteiger partial charge on any atom is -0.504 e. The number of nitrogens with one attached hydrogen (secondary N) is 2. The van der Waals surface area contributed by atoms with Gasteiger partial charge < -0.3 is 20.8 Å². The molecule has 30 heavy (non-hydrogen) atoms. The lowest BCUT2D eigenvalue weighted by molar-refractivity contribution is 0.403. The maximum Gasteiger partial charge on any atom is 0.157 e. The molecule has 2 aromatic carbocycles. The number of halogens is 2. The number of hydrogen-bond acceptors (Lipinski definition) is 6. The van der Waals surface area contributed by atoms with Gasteiger partial charge >= 0.3 is 0 Å². The first kappa shape index (κ1) is 28.9. The molecule has 0 aliphatic carbocycles. The summed E-state index contributed by atoms with van der Waals surface area (Å²) in [7, 11) is -3.05. The Morgan fingerprint density at radius 1 is 0.700 bits per heavy atom. The number of hydrogen-bond donors (Lipinski definition) is 4. The summed E-state index contributed by atoms with van der Waals surface area (Å²) in [5.74, 6) is 0.0336. The summed E-state index contributed by atoms with van der Waals surface area (Å²) >= 11 is 0. The molecule has 0 atom stereocenters. The average Bonchev–Trinajstić information content (AvgIpc) is 2.68. The van der Waals surface area contributed by atoms with Gasteiger partial charge in [0.15, 0.2) is 21.3 Å².